The van der Waals surface area contributed by atoms with Gasteiger partial charge in [-0.1, -0.05) is 44.0 Å². The van der Waals surface area contributed by atoms with E-state index in [0.717, 1.165) is 20.2 Å². The predicted octanol–water partition coefficient (Wildman–Crippen LogP) is 4.07. The fourth-order valence-electron chi connectivity index (χ4n) is 1.21. The number of aromatic nitrogens is 1. The smallest absolute Gasteiger partial charge is 0.0893 e. The van der Waals surface area contributed by atoms with Crippen molar-refractivity contribution in [3.05, 3.63) is 51.5 Å². The van der Waals surface area contributed by atoms with Crippen molar-refractivity contribution in [2.75, 3.05) is 0 Å². The second-order valence-electron chi connectivity index (χ2n) is 2.75. The van der Waals surface area contributed by atoms with Gasteiger partial charge in [0.2, 0.25) is 0 Å². The van der Waals surface area contributed by atoms with Crippen LogP contribution in [0.25, 0.3) is 11.3 Å². The molecule has 0 saturated heterocycles. The van der Waals surface area contributed by atoms with Crippen LogP contribution in [0.3, 0.4) is 0 Å². The quantitative estimate of drug-likeness (QED) is 0.773. The summed E-state index contributed by atoms with van der Waals surface area (Å²) in [5, 5.41) is 0. The van der Waals surface area contributed by atoms with E-state index < -0.39 is 0 Å². The van der Waals surface area contributed by atoms with Crippen LogP contribution in [0.2, 0.25) is 0 Å². The summed E-state index contributed by atoms with van der Waals surface area (Å²) >= 11 is 7.00. The zero-order chi connectivity index (χ0) is 9.97. The summed E-state index contributed by atoms with van der Waals surface area (Å²) in [6, 6.07) is 11.6. The molecule has 0 spiro atoms. The van der Waals surface area contributed by atoms with Gasteiger partial charge < -0.3 is 0 Å². The summed E-state index contributed by atoms with van der Waals surface area (Å²) < 4.78 is 2.05. The predicted molar refractivity (Wildman–Crippen MR) is 63.9 cm³/mol. The van der Waals surface area contributed by atoms with E-state index in [9.17, 15) is 0 Å². The van der Waals surface area contributed by atoms with Crippen LogP contribution in [-0.2, 0) is 0 Å². The van der Waals surface area contributed by atoms with Gasteiger partial charge in [0.15, 0.2) is 0 Å². The van der Waals surface area contributed by atoms with Crippen molar-refractivity contribution in [3.8, 4) is 11.3 Å². The molecule has 3 heteroatoms. The first-order valence-corrected chi connectivity index (χ1v) is 5.65. The largest absolute Gasteiger partial charge is 0.246 e. The Morgan fingerprint density at radius 3 is 2.29 bits per heavy atom. The molecular weight excluding hydrogens is 306 g/mol. The molecule has 0 bridgehead atoms. The van der Waals surface area contributed by atoms with Crippen LogP contribution in [0.1, 0.15) is 0 Å². The Balaban J connectivity index is 2.63. The molecule has 0 amide bonds. The second-order valence-corrected chi connectivity index (χ2v) is 4.46. The molecule has 0 aliphatic carbocycles. The zero-order valence-corrected chi connectivity index (χ0v) is 10.3. The summed E-state index contributed by atoms with van der Waals surface area (Å²) in [5.41, 5.74) is 1.97. The highest BCUT2D eigenvalue weighted by molar-refractivity contribution is 9.11. The van der Waals surface area contributed by atoms with Gasteiger partial charge in [0, 0.05) is 14.5 Å². The number of rotatable bonds is 1. The summed E-state index contributed by atoms with van der Waals surface area (Å²) in [6.07, 6.45) is 2.82. The number of benzene rings is 1. The van der Waals surface area contributed by atoms with E-state index in [0.29, 0.717) is 0 Å². The minimum Gasteiger partial charge on any atom is -0.246 e. The standard InChI is InChI=1S/C11H6Br2N/c12-8-4-3-5-9(13)11(8)10-6-1-2-7-14-10/h1-6H. The molecule has 0 saturated carbocycles. The lowest BCUT2D eigenvalue weighted by Crippen LogP contribution is -1.85. The first-order chi connectivity index (χ1) is 6.79. The summed E-state index contributed by atoms with van der Waals surface area (Å²) in [5.74, 6) is 0. The van der Waals surface area contributed by atoms with Gasteiger partial charge in [0.05, 0.1) is 11.9 Å². The Kier molecular flexibility index (Phi) is 2.99. The van der Waals surface area contributed by atoms with Gasteiger partial charge in [-0.3, -0.25) is 0 Å². The lowest BCUT2D eigenvalue weighted by atomic mass is 10.1. The van der Waals surface area contributed by atoms with Crippen molar-refractivity contribution in [1.82, 2.24) is 4.98 Å². The van der Waals surface area contributed by atoms with E-state index in [1.54, 1.807) is 6.07 Å². The minimum atomic E-state index is 0.909. The van der Waals surface area contributed by atoms with Gasteiger partial charge in [-0.05, 0) is 24.3 Å². The first-order valence-electron chi connectivity index (χ1n) is 4.06. The number of hydrogen-bond acceptors (Lipinski definition) is 1. The third-order valence-electron chi connectivity index (χ3n) is 1.83. The molecule has 0 unspecified atom stereocenters. The average molecular weight is 312 g/mol. The molecule has 2 aromatic rings. The van der Waals surface area contributed by atoms with Gasteiger partial charge in [-0.25, -0.2) is 4.98 Å². The van der Waals surface area contributed by atoms with Gasteiger partial charge in [0.25, 0.3) is 0 Å². The molecule has 14 heavy (non-hydrogen) atoms. The number of halogens is 2. The van der Waals surface area contributed by atoms with E-state index in [4.69, 9.17) is 0 Å². The molecule has 0 atom stereocenters. The molecule has 69 valence electrons. The van der Waals surface area contributed by atoms with Crippen LogP contribution in [-0.4, -0.2) is 4.98 Å². The van der Waals surface area contributed by atoms with E-state index in [1.165, 1.54) is 0 Å². The molecule has 1 radical (unpaired) electrons. The van der Waals surface area contributed by atoms with Gasteiger partial charge >= 0.3 is 0 Å². The second kappa shape index (κ2) is 4.24. The highest BCUT2D eigenvalue weighted by Crippen LogP contribution is 2.33. The maximum absolute atomic E-state index is 4.19. The highest BCUT2D eigenvalue weighted by Gasteiger charge is 2.07. The van der Waals surface area contributed by atoms with Crippen molar-refractivity contribution >= 4 is 31.9 Å². The van der Waals surface area contributed by atoms with Crippen LogP contribution in [0, 0.1) is 6.20 Å². The van der Waals surface area contributed by atoms with Crippen LogP contribution in [0.5, 0.6) is 0 Å². The fraction of sp³-hybridized carbons (Fsp3) is 0. The summed E-state index contributed by atoms with van der Waals surface area (Å²) in [4.78, 5) is 4.19. The van der Waals surface area contributed by atoms with Gasteiger partial charge in [-0.15, -0.1) is 0 Å². The maximum atomic E-state index is 4.19. The van der Waals surface area contributed by atoms with Crippen LogP contribution in [0.15, 0.2) is 45.3 Å². The van der Waals surface area contributed by atoms with Crippen LogP contribution in [0.4, 0.5) is 0 Å². The molecule has 0 aliphatic rings. The number of nitrogens with zero attached hydrogens (tertiary/aromatic N) is 1. The van der Waals surface area contributed by atoms with E-state index >= 15 is 0 Å². The Morgan fingerprint density at radius 1 is 1.00 bits per heavy atom. The Hall–Kier alpha value is -0.670. The van der Waals surface area contributed by atoms with Gasteiger partial charge in [-0.2, -0.15) is 0 Å². The molecule has 1 nitrogen and oxygen atoms in total. The van der Waals surface area contributed by atoms with Crippen molar-refractivity contribution in [2.24, 2.45) is 0 Å². The molecular formula is C11H6Br2N. The van der Waals surface area contributed by atoms with E-state index in [1.807, 2.05) is 30.3 Å². The van der Waals surface area contributed by atoms with Gasteiger partial charge in [0.1, 0.15) is 0 Å². The molecule has 2 rings (SSSR count). The molecule has 1 aromatic carbocycles. The monoisotopic (exact) mass is 310 g/mol. The minimum absolute atomic E-state index is 0.909. The lowest BCUT2D eigenvalue weighted by molar-refractivity contribution is 1.30. The van der Waals surface area contributed by atoms with E-state index in [-0.39, 0.29) is 0 Å². The summed E-state index contributed by atoms with van der Waals surface area (Å²) in [6.45, 7) is 0. The van der Waals surface area contributed by atoms with Crippen molar-refractivity contribution in [2.45, 2.75) is 0 Å². The molecule has 0 N–H and O–H groups in total. The topological polar surface area (TPSA) is 12.9 Å². The summed E-state index contributed by atoms with van der Waals surface area (Å²) in [7, 11) is 0. The SMILES string of the molecule is Brc1cccc(Br)c1-c1ccc[c]n1. The normalized spacial score (nSPS) is 10.1. The van der Waals surface area contributed by atoms with Crippen molar-refractivity contribution in [3.63, 3.8) is 0 Å². The van der Waals surface area contributed by atoms with Crippen molar-refractivity contribution < 1.29 is 0 Å². The maximum Gasteiger partial charge on any atom is 0.0893 e. The third kappa shape index (κ3) is 1.88. The van der Waals surface area contributed by atoms with E-state index in [2.05, 4.69) is 43.0 Å². The molecule has 1 heterocycles. The zero-order valence-electron chi connectivity index (χ0n) is 7.17. The van der Waals surface area contributed by atoms with Crippen LogP contribution >= 0.6 is 31.9 Å². The van der Waals surface area contributed by atoms with Crippen molar-refractivity contribution in [1.29, 1.82) is 0 Å². The highest BCUT2D eigenvalue weighted by atomic mass is 79.9. The third-order valence-corrected chi connectivity index (χ3v) is 3.15. The number of hydrogen-bond donors (Lipinski definition) is 0. The first kappa shape index (κ1) is 9.87. The lowest BCUT2D eigenvalue weighted by Gasteiger charge is -2.05. The Morgan fingerprint density at radius 2 is 1.71 bits per heavy atom. The number of pyridine rings is 1. The Bertz CT molecular complexity index is 420. The fourth-order valence-corrected chi connectivity index (χ4v) is 2.61. The average Bonchev–Trinajstić information content (AvgIpc) is 2.19. The Labute approximate surface area is 99.4 Å². The molecule has 1 aromatic heterocycles. The van der Waals surface area contributed by atoms with Crippen LogP contribution < -0.4 is 0 Å². The molecule has 0 aliphatic heterocycles. The molecule has 0 fully saturated rings.